The molecule has 1 N–H and O–H groups in total. The molecule has 1 heterocycles. The molecule has 0 spiro atoms. The first-order valence-electron chi connectivity index (χ1n) is 6.21. The molecule has 0 amide bonds. The molecule has 0 fully saturated rings. The molecular formula is C14H17N3O2. The van der Waals surface area contributed by atoms with Crippen LogP contribution in [0.2, 0.25) is 0 Å². The first kappa shape index (κ1) is 13.3. The molecule has 100 valence electrons. The predicted molar refractivity (Wildman–Crippen MR) is 74.0 cm³/mol. The summed E-state index contributed by atoms with van der Waals surface area (Å²) in [4.78, 5) is 10.2. The van der Waals surface area contributed by atoms with Crippen LogP contribution >= 0.6 is 0 Å². The molecule has 19 heavy (non-hydrogen) atoms. The second-order valence-corrected chi connectivity index (χ2v) is 4.46. The molecule has 0 atom stereocenters. The molecule has 0 radical (unpaired) electrons. The van der Waals surface area contributed by atoms with E-state index in [1.54, 1.807) is 12.1 Å². The lowest BCUT2D eigenvalue weighted by molar-refractivity contribution is -0.384. The zero-order chi connectivity index (χ0) is 13.7. The fourth-order valence-corrected chi connectivity index (χ4v) is 1.98. The summed E-state index contributed by atoms with van der Waals surface area (Å²) in [5.41, 5.74) is 2.50. The van der Waals surface area contributed by atoms with Gasteiger partial charge in [0.1, 0.15) is 0 Å². The predicted octanol–water partition coefficient (Wildman–Crippen LogP) is 2.36. The summed E-state index contributed by atoms with van der Waals surface area (Å²) in [6.45, 7) is 1.74. The van der Waals surface area contributed by atoms with Gasteiger partial charge in [0.25, 0.3) is 5.69 Å². The van der Waals surface area contributed by atoms with Crippen molar-refractivity contribution in [2.45, 2.75) is 19.5 Å². The Labute approximate surface area is 112 Å². The lowest BCUT2D eigenvalue weighted by Gasteiger charge is -2.03. The monoisotopic (exact) mass is 259 g/mol. The SMILES string of the molecule is CNCc1ccn(CCc2ccc([N+](=O)[O-])cc2)c1. The zero-order valence-corrected chi connectivity index (χ0v) is 10.9. The van der Waals surface area contributed by atoms with Crippen molar-refractivity contribution in [3.8, 4) is 0 Å². The van der Waals surface area contributed by atoms with Crippen LogP contribution in [0.3, 0.4) is 0 Å². The van der Waals surface area contributed by atoms with Gasteiger partial charge < -0.3 is 9.88 Å². The molecule has 0 aliphatic heterocycles. The van der Waals surface area contributed by atoms with Crippen molar-refractivity contribution in [3.63, 3.8) is 0 Å². The molecule has 0 bridgehead atoms. The number of rotatable bonds is 6. The number of nitro groups is 1. The van der Waals surface area contributed by atoms with E-state index in [1.165, 1.54) is 5.56 Å². The fraction of sp³-hybridized carbons (Fsp3) is 0.286. The van der Waals surface area contributed by atoms with Crippen LogP contribution in [0.5, 0.6) is 0 Å². The van der Waals surface area contributed by atoms with E-state index in [-0.39, 0.29) is 10.6 Å². The highest BCUT2D eigenvalue weighted by Crippen LogP contribution is 2.13. The van der Waals surface area contributed by atoms with Crippen molar-refractivity contribution >= 4 is 5.69 Å². The number of hydrogen-bond acceptors (Lipinski definition) is 3. The van der Waals surface area contributed by atoms with Gasteiger partial charge in [-0.25, -0.2) is 0 Å². The average Bonchev–Trinajstić information content (AvgIpc) is 2.85. The summed E-state index contributed by atoms with van der Waals surface area (Å²) in [6.07, 6.45) is 5.03. The summed E-state index contributed by atoms with van der Waals surface area (Å²) in [7, 11) is 1.92. The van der Waals surface area contributed by atoms with Gasteiger partial charge in [-0.2, -0.15) is 0 Å². The lowest BCUT2D eigenvalue weighted by atomic mass is 10.1. The maximum absolute atomic E-state index is 10.6. The summed E-state index contributed by atoms with van der Waals surface area (Å²) >= 11 is 0. The van der Waals surface area contributed by atoms with E-state index >= 15 is 0 Å². The highest BCUT2D eigenvalue weighted by atomic mass is 16.6. The Bertz CT molecular complexity index is 546. The van der Waals surface area contributed by atoms with Gasteiger partial charge in [0.15, 0.2) is 0 Å². The van der Waals surface area contributed by atoms with Gasteiger partial charge in [0.05, 0.1) is 4.92 Å². The van der Waals surface area contributed by atoms with Crippen LogP contribution in [-0.4, -0.2) is 16.5 Å². The van der Waals surface area contributed by atoms with E-state index in [0.717, 1.165) is 25.1 Å². The molecule has 0 unspecified atom stereocenters. The third-order valence-corrected chi connectivity index (χ3v) is 3.00. The summed E-state index contributed by atoms with van der Waals surface area (Å²) < 4.78 is 2.13. The minimum atomic E-state index is -0.375. The van der Waals surface area contributed by atoms with E-state index in [9.17, 15) is 10.1 Å². The summed E-state index contributed by atoms with van der Waals surface area (Å²) in [6, 6.07) is 8.83. The van der Waals surface area contributed by atoms with E-state index < -0.39 is 0 Å². The number of benzene rings is 1. The van der Waals surface area contributed by atoms with Crippen molar-refractivity contribution < 1.29 is 4.92 Å². The second kappa shape index (κ2) is 6.15. The van der Waals surface area contributed by atoms with Gasteiger partial charge >= 0.3 is 0 Å². The molecule has 2 rings (SSSR count). The highest BCUT2D eigenvalue weighted by molar-refractivity contribution is 5.32. The first-order chi connectivity index (χ1) is 9.19. The molecule has 1 aromatic carbocycles. The van der Waals surface area contributed by atoms with E-state index in [1.807, 2.05) is 19.2 Å². The van der Waals surface area contributed by atoms with Crippen molar-refractivity contribution in [1.82, 2.24) is 9.88 Å². The highest BCUT2D eigenvalue weighted by Gasteiger charge is 2.04. The Morgan fingerprint density at radius 3 is 2.58 bits per heavy atom. The minimum Gasteiger partial charge on any atom is -0.354 e. The van der Waals surface area contributed by atoms with E-state index in [4.69, 9.17) is 0 Å². The largest absolute Gasteiger partial charge is 0.354 e. The number of nitro benzene ring substituents is 1. The van der Waals surface area contributed by atoms with Crippen LogP contribution < -0.4 is 5.32 Å². The smallest absolute Gasteiger partial charge is 0.269 e. The summed E-state index contributed by atoms with van der Waals surface area (Å²) in [5.74, 6) is 0. The van der Waals surface area contributed by atoms with Gasteiger partial charge in [-0.1, -0.05) is 12.1 Å². The molecule has 5 nitrogen and oxygen atoms in total. The molecule has 5 heteroatoms. The maximum atomic E-state index is 10.6. The number of nitrogens with one attached hydrogen (secondary N) is 1. The topological polar surface area (TPSA) is 60.1 Å². The molecule has 0 saturated carbocycles. The van der Waals surface area contributed by atoms with Crippen LogP contribution in [0, 0.1) is 10.1 Å². The molecule has 0 aliphatic rings. The van der Waals surface area contributed by atoms with Crippen molar-refractivity contribution in [2.24, 2.45) is 0 Å². The molecule has 2 aromatic rings. The first-order valence-corrected chi connectivity index (χ1v) is 6.21. The van der Waals surface area contributed by atoms with Crippen LogP contribution in [0.15, 0.2) is 42.7 Å². The van der Waals surface area contributed by atoms with Gasteiger partial charge in [-0.3, -0.25) is 10.1 Å². The van der Waals surface area contributed by atoms with Gasteiger partial charge in [-0.05, 0) is 30.7 Å². The molecule has 0 saturated heterocycles. The Hall–Kier alpha value is -2.14. The van der Waals surface area contributed by atoms with Crippen LogP contribution in [0.25, 0.3) is 0 Å². The number of hydrogen-bond donors (Lipinski definition) is 1. The Kier molecular flexibility index (Phi) is 4.30. The fourth-order valence-electron chi connectivity index (χ4n) is 1.98. The molecular weight excluding hydrogens is 242 g/mol. The van der Waals surface area contributed by atoms with E-state index in [2.05, 4.69) is 28.3 Å². The quantitative estimate of drug-likeness (QED) is 0.640. The molecule has 1 aromatic heterocycles. The second-order valence-electron chi connectivity index (χ2n) is 4.46. The zero-order valence-electron chi connectivity index (χ0n) is 10.9. The number of aromatic nitrogens is 1. The number of aryl methyl sites for hydroxylation is 2. The lowest BCUT2D eigenvalue weighted by Crippen LogP contribution is -2.04. The van der Waals surface area contributed by atoms with Crippen LogP contribution in [-0.2, 0) is 19.5 Å². The third kappa shape index (κ3) is 3.66. The van der Waals surface area contributed by atoms with Gasteiger partial charge in [0, 0.05) is 37.6 Å². The van der Waals surface area contributed by atoms with Crippen molar-refractivity contribution in [3.05, 3.63) is 64.0 Å². The normalized spacial score (nSPS) is 10.6. The number of non-ortho nitro benzene ring substituents is 1. The van der Waals surface area contributed by atoms with Gasteiger partial charge in [-0.15, -0.1) is 0 Å². The Balaban J connectivity index is 1.92. The van der Waals surface area contributed by atoms with Gasteiger partial charge in [0.2, 0.25) is 0 Å². The van der Waals surface area contributed by atoms with E-state index in [0.29, 0.717) is 0 Å². The third-order valence-electron chi connectivity index (χ3n) is 3.00. The summed E-state index contributed by atoms with van der Waals surface area (Å²) in [5, 5.41) is 13.7. The standard InChI is InChI=1S/C14H17N3O2/c1-15-10-13-7-9-16(11-13)8-6-12-2-4-14(5-3-12)17(18)19/h2-5,7,9,11,15H,6,8,10H2,1H3. The Morgan fingerprint density at radius 1 is 1.21 bits per heavy atom. The van der Waals surface area contributed by atoms with Crippen molar-refractivity contribution in [1.29, 1.82) is 0 Å². The van der Waals surface area contributed by atoms with Crippen LogP contribution in [0.1, 0.15) is 11.1 Å². The number of nitrogens with zero attached hydrogens (tertiary/aromatic N) is 2. The average molecular weight is 259 g/mol. The maximum Gasteiger partial charge on any atom is 0.269 e. The Morgan fingerprint density at radius 2 is 1.95 bits per heavy atom. The minimum absolute atomic E-state index is 0.140. The van der Waals surface area contributed by atoms with Crippen molar-refractivity contribution in [2.75, 3.05) is 7.05 Å². The molecule has 0 aliphatic carbocycles. The van der Waals surface area contributed by atoms with Crippen LogP contribution in [0.4, 0.5) is 5.69 Å².